The topological polar surface area (TPSA) is 40.5 Å². The summed E-state index contributed by atoms with van der Waals surface area (Å²) < 4.78 is 77.6. The van der Waals surface area contributed by atoms with Crippen LogP contribution in [0.5, 0.6) is 0 Å². The number of piperidine rings is 1. The van der Waals surface area contributed by atoms with E-state index in [1.165, 1.54) is 12.1 Å². The highest BCUT2D eigenvalue weighted by atomic mass is 19.4. The number of carboxylic acids is 1. The van der Waals surface area contributed by atoms with Gasteiger partial charge in [0.15, 0.2) is 0 Å². The standard InChI is InChI=1S/C23H25F6NO2/c1-15(2)3-8-19(9-11-22(24,25)26)30-12-10-16(14-21(31)32)13-20(30)17-4-6-18(7-5-17)23(27,28)29/h4-7,16,19-20H,1,9-14H2,2H3,(H,31,32)/t16-,19-,20+/m1/s1. The van der Waals surface area contributed by atoms with Gasteiger partial charge in [0.05, 0.1) is 11.6 Å². The smallest absolute Gasteiger partial charge is 0.416 e. The average Bonchev–Trinajstić information content (AvgIpc) is 2.66. The Hall–Kier alpha value is -2.47. The van der Waals surface area contributed by atoms with Crippen molar-refractivity contribution in [3.63, 3.8) is 0 Å². The molecule has 0 saturated carbocycles. The first kappa shape index (κ1) is 25.8. The summed E-state index contributed by atoms with van der Waals surface area (Å²) in [5, 5.41) is 9.15. The van der Waals surface area contributed by atoms with E-state index < -0.39 is 42.4 Å². The minimum Gasteiger partial charge on any atom is -0.481 e. The Morgan fingerprint density at radius 2 is 1.84 bits per heavy atom. The predicted octanol–water partition coefficient (Wildman–Crippen LogP) is 6.22. The molecule has 0 aliphatic carbocycles. The molecule has 1 fully saturated rings. The van der Waals surface area contributed by atoms with Crippen molar-refractivity contribution >= 4 is 5.97 Å². The first-order chi connectivity index (χ1) is 14.8. The molecule has 0 bridgehead atoms. The number of alkyl halides is 6. The minimum atomic E-state index is -4.52. The van der Waals surface area contributed by atoms with E-state index >= 15 is 0 Å². The lowest BCUT2D eigenvalue weighted by molar-refractivity contribution is -0.140. The van der Waals surface area contributed by atoms with Gasteiger partial charge in [0.2, 0.25) is 0 Å². The van der Waals surface area contributed by atoms with Gasteiger partial charge in [-0.25, -0.2) is 0 Å². The Kier molecular flexibility index (Phi) is 8.41. The van der Waals surface area contributed by atoms with Crippen LogP contribution in [0.4, 0.5) is 26.3 Å². The minimum absolute atomic E-state index is 0.115. The third-order valence-corrected chi connectivity index (χ3v) is 5.39. The number of benzene rings is 1. The number of hydrogen-bond acceptors (Lipinski definition) is 2. The van der Waals surface area contributed by atoms with Gasteiger partial charge in [-0.05, 0) is 55.4 Å². The fraction of sp³-hybridized carbons (Fsp3) is 0.522. The molecule has 1 saturated heterocycles. The van der Waals surface area contributed by atoms with Gasteiger partial charge in [0, 0.05) is 25.4 Å². The summed E-state index contributed by atoms with van der Waals surface area (Å²) in [5.74, 6) is 4.32. The third kappa shape index (κ3) is 7.90. The quantitative estimate of drug-likeness (QED) is 0.404. The van der Waals surface area contributed by atoms with Gasteiger partial charge in [-0.3, -0.25) is 9.69 Å². The summed E-state index contributed by atoms with van der Waals surface area (Å²) in [6, 6.07) is 3.12. The SMILES string of the molecule is C=C(C)C#C[C@H](CCC(F)(F)F)N1CC[C@@H](CC(=O)O)C[C@H]1c1ccc(C(F)(F)F)cc1. The molecule has 0 unspecified atom stereocenters. The van der Waals surface area contributed by atoms with Crippen LogP contribution >= 0.6 is 0 Å². The molecule has 1 heterocycles. The second-order valence-electron chi connectivity index (χ2n) is 8.08. The lowest BCUT2D eigenvalue weighted by Crippen LogP contribution is -2.44. The molecular weight excluding hydrogens is 436 g/mol. The molecule has 2 rings (SSSR count). The first-order valence-electron chi connectivity index (χ1n) is 10.1. The number of hydrogen-bond donors (Lipinski definition) is 1. The van der Waals surface area contributed by atoms with Crippen LogP contribution in [0.1, 0.15) is 56.2 Å². The van der Waals surface area contributed by atoms with E-state index in [9.17, 15) is 31.1 Å². The number of aliphatic carboxylic acids is 1. The number of nitrogens with zero attached hydrogens (tertiary/aromatic N) is 1. The lowest BCUT2D eigenvalue weighted by atomic mass is 9.83. The van der Waals surface area contributed by atoms with Gasteiger partial charge in [-0.1, -0.05) is 30.6 Å². The maximum absolute atomic E-state index is 13.0. The van der Waals surface area contributed by atoms with E-state index in [1.807, 2.05) is 0 Å². The van der Waals surface area contributed by atoms with E-state index in [2.05, 4.69) is 18.4 Å². The largest absolute Gasteiger partial charge is 0.481 e. The van der Waals surface area contributed by atoms with E-state index in [-0.39, 0.29) is 25.3 Å². The number of carbonyl (C=O) groups is 1. The summed E-state index contributed by atoms with van der Waals surface area (Å²) in [7, 11) is 0. The van der Waals surface area contributed by atoms with Crippen molar-refractivity contribution in [1.29, 1.82) is 0 Å². The fourth-order valence-corrected chi connectivity index (χ4v) is 3.91. The van der Waals surface area contributed by atoms with Crippen molar-refractivity contribution < 1.29 is 36.2 Å². The molecule has 1 N–H and O–H groups in total. The zero-order chi connectivity index (χ0) is 24.1. The van der Waals surface area contributed by atoms with Crippen LogP contribution in [-0.2, 0) is 11.0 Å². The summed E-state index contributed by atoms with van der Waals surface area (Å²) in [4.78, 5) is 12.9. The molecule has 0 radical (unpaired) electrons. The zero-order valence-corrected chi connectivity index (χ0v) is 17.6. The lowest BCUT2D eigenvalue weighted by Gasteiger charge is -2.42. The maximum atomic E-state index is 13.0. The van der Waals surface area contributed by atoms with Crippen LogP contribution in [0, 0.1) is 17.8 Å². The number of carboxylic acid groups (broad SMARTS) is 1. The summed E-state index contributed by atoms with van der Waals surface area (Å²) in [5.41, 5.74) is 0.137. The molecule has 0 amide bonds. The molecule has 32 heavy (non-hydrogen) atoms. The molecule has 3 atom stereocenters. The molecular formula is C23H25F6NO2. The number of allylic oxidation sites excluding steroid dienone is 1. The van der Waals surface area contributed by atoms with Crippen LogP contribution in [0.15, 0.2) is 36.4 Å². The van der Waals surface area contributed by atoms with Crippen molar-refractivity contribution in [2.75, 3.05) is 6.54 Å². The van der Waals surface area contributed by atoms with Crippen LogP contribution in [0.25, 0.3) is 0 Å². The second-order valence-corrected chi connectivity index (χ2v) is 8.08. The molecule has 1 aliphatic rings. The highest BCUT2D eigenvalue weighted by Gasteiger charge is 2.37. The predicted molar refractivity (Wildman–Crippen MR) is 108 cm³/mol. The summed E-state index contributed by atoms with van der Waals surface area (Å²) in [6.07, 6.45) is -9.62. The number of likely N-dealkylation sites (tertiary alicyclic amines) is 1. The van der Waals surface area contributed by atoms with Gasteiger partial charge in [0.25, 0.3) is 0 Å². The van der Waals surface area contributed by atoms with E-state index in [0.29, 0.717) is 24.0 Å². The Morgan fingerprint density at radius 1 is 1.22 bits per heavy atom. The third-order valence-electron chi connectivity index (χ3n) is 5.39. The van der Waals surface area contributed by atoms with Gasteiger partial charge in [-0.15, -0.1) is 0 Å². The molecule has 1 aromatic carbocycles. The van der Waals surface area contributed by atoms with Crippen molar-refractivity contribution in [3.8, 4) is 11.8 Å². The number of rotatable bonds is 6. The van der Waals surface area contributed by atoms with E-state index in [4.69, 9.17) is 5.11 Å². The average molecular weight is 461 g/mol. The summed E-state index contributed by atoms with van der Waals surface area (Å²) in [6.45, 7) is 5.56. The van der Waals surface area contributed by atoms with E-state index in [1.54, 1.807) is 11.8 Å². The molecule has 1 aliphatic heterocycles. The Bertz CT molecular complexity index is 864. The van der Waals surface area contributed by atoms with Crippen LogP contribution in [0.3, 0.4) is 0 Å². The van der Waals surface area contributed by atoms with Crippen molar-refractivity contribution in [3.05, 3.63) is 47.5 Å². The Morgan fingerprint density at radius 3 is 2.34 bits per heavy atom. The normalized spacial score (nSPS) is 20.8. The van der Waals surface area contributed by atoms with Gasteiger partial charge < -0.3 is 5.11 Å². The zero-order valence-electron chi connectivity index (χ0n) is 17.6. The van der Waals surface area contributed by atoms with Crippen molar-refractivity contribution in [1.82, 2.24) is 4.90 Å². The Labute approximate surface area is 183 Å². The highest BCUT2D eigenvalue weighted by Crippen LogP contribution is 2.39. The van der Waals surface area contributed by atoms with Crippen LogP contribution in [-0.4, -0.2) is 34.7 Å². The van der Waals surface area contributed by atoms with Crippen LogP contribution in [0.2, 0.25) is 0 Å². The number of halogens is 6. The molecule has 0 aromatic heterocycles. The van der Waals surface area contributed by atoms with Crippen molar-refractivity contribution in [2.45, 2.75) is 63.5 Å². The molecule has 0 spiro atoms. The van der Waals surface area contributed by atoms with Gasteiger partial charge >= 0.3 is 18.3 Å². The molecule has 176 valence electrons. The summed E-state index contributed by atoms with van der Waals surface area (Å²) >= 11 is 0. The van der Waals surface area contributed by atoms with Gasteiger partial charge in [0.1, 0.15) is 0 Å². The monoisotopic (exact) mass is 461 g/mol. The Balaban J connectivity index is 2.39. The van der Waals surface area contributed by atoms with E-state index in [0.717, 1.165) is 12.1 Å². The van der Waals surface area contributed by atoms with Crippen molar-refractivity contribution in [2.24, 2.45) is 5.92 Å². The highest BCUT2D eigenvalue weighted by molar-refractivity contribution is 5.67. The molecule has 1 aromatic rings. The van der Waals surface area contributed by atoms with Gasteiger partial charge in [-0.2, -0.15) is 26.3 Å². The second kappa shape index (κ2) is 10.4. The maximum Gasteiger partial charge on any atom is 0.416 e. The molecule has 3 nitrogen and oxygen atoms in total. The molecule has 9 heteroatoms. The first-order valence-corrected chi connectivity index (χ1v) is 10.1. The fourth-order valence-electron chi connectivity index (χ4n) is 3.91. The van der Waals surface area contributed by atoms with Crippen LogP contribution < -0.4 is 0 Å².